The van der Waals surface area contributed by atoms with Crippen LogP contribution in [0.3, 0.4) is 0 Å². The van der Waals surface area contributed by atoms with Gasteiger partial charge in [0, 0.05) is 35.9 Å². The molecular formula is C34H51BFNO8. The van der Waals surface area contributed by atoms with Crippen molar-refractivity contribution in [2.75, 3.05) is 32.9 Å². The Hall–Kier alpha value is -2.05. The van der Waals surface area contributed by atoms with E-state index in [-0.39, 0.29) is 40.9 Å². The number of fused-ring (bicyclic) bond motifs is 3. The number of carbonyl (C=O) groups excluding carboxylic acids is 2. The molecule has 2 heterocycles. The molecule has 7 atom stereocenters. The number of ether oxygens (including phenoxy) is 3. The van der Waals surface area contributed by atoms with Crippen LogP contribution in [0.1, 0.15) is 91.0 Å². The first-order chi connectivity index (χ1) is 21.4. The monoisotopic (exact) mass is 631 g/mol. The largest absolute Gasteiger partial charge is 0.494 e. The summed E-state index contributed by atoms with van der Waals surface area (Å²) < 4.78 is 38.1. The number of aliphatic hydroxyl groups is 1. The molecule has 2 saturated carbocycles. The Bertz CT molecular complexity index is 1220. The van der Waals surface area contributed by atoms with E-state index in [1.54, 1.807) is 13.0 Å². The van der Waals surface area contributed by atoms with Crippen LogP contribution in [-0.4, -0.2) is 74.1 Å². The molecule has 11 heteroatoms. The Morgan fingerprint density at radius 3 is 2.76 bits per heavy atom. The zero-order chi connectivity index (χ0) is 32.4. The molecule has 0 amide bonds. The molecule has 0 unspecified atom stereocenters. The molecule has 0 radical (unpaired) electrons. The molecule has 4 aliphatic rings. The van der Waals surface area contributed by atoms with Gasteiger partial charge in [0.2, 0.25) is 0 Å². The first kappa shape index (κ1) is 34.3. The van der Waals surface area contributed by atoms with E-state index in [0.717, 1.165) is 45.1 Å². The van der Waals surface area contributed by atoms with Crippen molar-refractivity contribution in [2.45, 2.75) is 104 Å². The van der Waals surface area contributed by atoms with Gasteiger partial charge < -0.3 is 39.1 Å². The highest BCUT2D eigenvalue weighted by Gasteiger charge is 2.60. The summed E-state index contributed by atoms with van der Waals surface area (Å²) in [5, 5.41) is 25.9. The second kappa shape index (κ2) is 14.0. The minimum absolute atomic E-state index is 0.0324. The number of halogens is 1. The Labute approximate surface area is 267 Å². The average Bonchev–Trinajstić information content (AvgIpc) is 3.40. The predicted molar refractivity (Wildman–Crippen MR) is 167 cm³/mol. The second-order valence-corrected chi connectivity index (χ2v) is 14.6. The van der Waals surface area contributed by atoms with Gasteiger partial charge in [-0.2, -0.15) is 0 Å². The predicted octanol–water partition coefficient (Wildman–Crippen LogP) is 3.69. The summed E-state index contributed by atoms with van der Waals surface area (Å²) in [6.07, 6.45) is 5.24. The van der Waals surface area contributed by atoms with E-state index in [1.807, 2.05) is 0 Å². The lowest BCUT2D eigenvalue weighted by Gasteiger charge is -2.61. The number of hydrogen-bond donors (Lipinski definition) is 3. The maximum absolute atomic E-state index is 15.2. The van der Waals surface area contributed by atoms with Gasteiger partial charge >= 0.3 is 13.1 Å². The van der Waals surface area contributed by atoms with Crippen molar-refractivity contribution >= 4 is 24.3 Å². The van der Waals surface area contributed by atoms with E-state index in [9.17, 15) is 19.7 Å². The zero-order valence-corrected chi connectivity index (χ0v) is 27.4. The Morgan fingerprint density at radius 2 is 1.98 bits per heavy atom. The van der Waals surface area contributed by atoms with Crippen molar-refractivity contribution in [1.82, 2.24) is 5.32 Å². The van der Waals surface area contributed by atoms with Gasteiger partial charge in [0.15, 0.2) is 18.2 Å². The molecule has 3 fully saturated rings. The molecule has 9 nitrogen and oxygen atoms in total. The number of rotatable bonds is 7. The first-order valence-corrected chi connectivity index (χ1v) is 16.8. The summed E-state index contributed by atoms with van der Waals surface area (Å²) in [6.45, 7) is 10.5. The van der Waals surface area contributed by atoms with Gasteiger partial charge in [-0.05, 0) is 93.7 Å². The fraction of sp³-hybridized carbons (Fsp3) is 0.765. The molecule has 250 valence electrons. The number of aliphatic hydroxyl groups excluding tert-OH is 1. The van der Waals surface area contributed by atoms with Gasteiger partial charge in [0.1, 0.15) is 11.9 Å². The molecule has 45 heavy (non-hydrogen) atoms. The van der Waals surface area contributed by atoms with E-state index in [2.05, 4.69) is 26.1 Å². The van der Waals surface area contributed by atoms with E-state index in [1.165, 1.54) is 6.07 Å². The third-order valence-electron chi connectivity index (χ3n) is 12.0. The van der Waals surface area contributed by atoms with Crippen LogP contribution in [0.2, 0.25) is 0 Å². The van der Waals surface area contributed by atoms with Gasteiger partial charge in [-0.1, -0.05) is 26.8 Å². The molecule has 1 saturated heterocycles. The van der Waals surface area contributed by atoms with E-state index in [4.69, 9.17) is 18.9 Å². The van der Waals surface area contributed by atoms with Crippen LogP contribution >= 0.6 is 0 Å². The second-order valence-electron chi connectivity index (χ2n) is 14.6. The minimum atomic E-state index is -1.37. The Morgan fingerprint density at radius 1 is 1.18 bits per heavy atom. The summed E-state index contributed by atoms with van der Waals surface area (Å²) >= 11 is 0. The normalized spacial score (nSPS) is 35.7. The minimum Gasteiger partial charge on any atom is -0.479 e. The van der Waals surface area contributed by atoms with E-state index >= 15 is 4.39 Å². The van der Waals surface area contributed by atoms with Crippen molar-refractivity contribution < 1.29 is 43.0 Å². The van der Waals surface area contributed by atoms with Crippen LogP contribution in [-0.2, 0) is 30.3 Å². The van der Waals surface area contributed by atoms with Crippen molar-refractivity contribution in [3.63, 3.8) is 0 Å². The van der Waals surface area contributed by atoms with Crippen LogP contribution in [0, 0.1) is 33.9 Å². The van der Waals surface area contributed by atoms with Gasteiger partial charge in [-0.25, -0.2) is 9.18 Å². The molecule has 3 N–H and O–H groups in total. The van der Waals surface area contributed by atoms with Crippen LogP contribution in [0.5, 0.6) is 5.75 Å². The van der Waals surface area contributed by atoms with Gasteiger partial charge in [-0.3, -0.25) is 0 Å². The van der Waals surface area contributed by atoms with Crippen molar-refractivity contribution in [3.8, 4) is 5.75 Å². The maximum atomic E-state index is 15.2. The zero-order valence-electron chi connectivity index (χ0n) is 27.4. The van der Waals surface area contributed by atoms with Crippen molar-refractivity contribution in [3.05, 3.63) is 23.5 Å². The number of carbonyl (C=O) groups is 2. The summed E-state index contributed by atoms with van der Waals surface area (Å²) in [7, 11) is -1.37. The molecule has 0 aromatic heterocycles. The number of nitrogens with one attached hydrogen (secondary N) is 1. The third-order valence-corrected chi connectivity index (χ3v) is 12.0. The average molecular weight is 632 g/mol. The fourth-order valence-electron chi connectivity index (χ4n) is 8.86. The van der Waals surface area contributed by atoms with Crippen LogP contribution in [0.4, 0.5) is 4.39 Å². The van der Waals surface area contributed by atoms with Crippen molar-refractivity contribution in [1.29, 1.82) is 0 Å². The lowest BCUT2D eigenvalue weighted by molar-refractivity contribution is -0.200. The van der Waals surface area contributed by atoms with E-state index in [0.29, 0.717) is 44.6 Å². The molecule has 2 aliphatic heterocycles. The molecule has 1 spiro atoms. The van der Waals surface area contributed by atoms with Gasteiger partial charge in [0.25, 0.3) is 0 Å². The maximum Gasteiger partial charge on any atom is 0.494 e. The van der Waals surface area contributed by atoms with Crippen LogP contribution in [0.25, 0.3) is 0 Å². The summed E-state index contributed by atoms with van der Waals surface area (Å²) in [6, 6.07) is 3.06. The quantitative estimate of drug-likeness (QED) is 0.306. The van der Waals surface area contributed by atoms with Gasteiger partial charge in [0.05, 0.1) is 19.3 Å². The summed E-state index contributed by atoms with van der Waals surface area (Å²) in [5.41, 5.74) is -0.658. The molecule has 5 rings (SSSR count). The first-order valence-electron chi connectivity index (χ1n) is 16.8. The Balaban J connectivity index is 1.45. The van der Waals surface area contributed by atoms with Gasteiger partial charge in [-0.15, -0.1) is 0 Å². The molecular weight excluding hydrogens is 580 g/mol. The number of hydrogen-bond acceptors (Lipinski definition) is 9. The van der Waals surface area contributed by atoms with Crippen molar-refractivity contribution in [2.24, 2.45) is 28.1 Å². The smallest absolute Gasteiger partial charge is 0.479 e. The molecule has 2 aliphatic carbocycles. The van der Waals surface area contributed by atoms with Crippen LogP contribution < -0.4 is 15.5 Å². The van der Waals surface area contributed by atoms with E-state index < -0.39 is 48.5 Å². The SMILES string of the molecule is CC(=O)CC[C@]12CC[C@@H](C)[C@](C)(C1)[C@H](OC(=O)COc1ccc3c(c1F)B(O)OC3)C[C@]1(CCCOCCNCC1)[C@@H](O)[C@@H]2C. The highest BCUT2D eigenvalue weighted by Crippen LogP contribution is 2.63. The number of esters is 1. The lowest BCUT2D eigenvalue weighted by Crippen LogP contribution is -2.59. The number of benzene rings is 1. The highest BCUT2D eigenvalue weighted by atomic mass is 19.1. The molecule has 2 bridgehead atoms. The standard InChI is InChI=1S/C34H51BFNO8/c1-22-8-11-34(12-9-23(2)38)21-32(22,4)27(18-33(31(40)24(34)3)10-5-16-42-17-15-37-14-13-33)45-28(39)20-43-26-7-6-25-19-44-35(41)29(25)30(26)36/h6-7,22,24,27,31,37,40-41H,5,8-21H2,1-4H3/t22-,24+,27-,31+,32+,33-,34-/m1/s1. The fourth-order valence-corrected chi connectivity index (χ4v) is 8.86. The lowest BCUT2D eigenvalue weighted by atomic mass is 9.46. The number of Topliss-reactive ketones (excluding diaryl/α,β-unsaturated/α-hetero) is 1. The number of ketones is 1. The highest BCUT2D eigenvalue weighted by molar-refractivity contribution is 6.61. The summed E-state index contributed by atoms with van der Waals surface area (Å²) in [4.78, 5) is 25.8. The molecule has 1 aromatic carbocycles. The topological polar surface area (TPSA) is 124 Å². The molecule has 1 aromatic rings. The summed E-state index contributed by atoms with van der Waals surface area (Å²) in [5.74, 6) is -1.17. The van der Waals surface area contributed by atoms with Crippen LogP contribution in [0.15, 0.2) is 12.1 Å². The third kappa shape index (κ3) is 6.98. The Kier molecular flexibility index (Phi) is 10.7.